The molecule has 0 bridgehead atoms. The van der Waals surface area contributed by atoms with Gasteiger partial charge >= 0.3 is 0 Å². The minimum atomic E-state index is 0.523. The predicted octanol–water partition coefficient (Wildman–Crippen LogP) is 3.40. The highest BCUT2D eigenvalue weighted by atomic mass is 32.2. The fourth-order valence-corrected chi connectivity index (χ4v) is 2.82. The standard InChI is InChI=1S/C20H28N2S/c1-7-10-11-17(8-2)14-22-16(5)19(13-21)18(20(22)9-3)12-15(4)23-6/h7-12H,2,4,13-14,21H2,1,3,5-6H3/b10-7-,17-11+,18-12-,20-9+. The van der Waals surface area contributed by atoms with Crippen molar-refractivity contribution in [2.45, 2.75) is 33.9 Å². The summed E-state index contributed by atoms with van der Waals surface area (Å²) in [4.78, 5) is 1.04. The van der Waals surface area contributed by atoms with Crippen molar-refractivity contribution in [2.75, 3.05) is 6.26 Å². The summed E-state index contributed by atoms with van der Waals surface area (Å²) in [5, 5.41) is 2.37. The lowest BCUT2D eigenvalue weighted by atomic mass is 10.2. The molecule has 23 heavy (non-hydrogen) atoms. The molecule has 0 saturated carbocycles. The molecular formula is C20H28N2S. The fourth-order valence-electron chi connectivity index (χ4n) is 2.58. The van der Waals surface area contributed by atoms with Crippen LogP contribution in [0, 0.1) is 6.92 Å². The molecule has 0 aliphatic rings. The average Bonchev–Trinajstić information content (AvgIpc) is 2.81. The monoisotopic (exact) mass is 328 g/mol. The predicted molar refractivity (Wildman–Crippen MR) is 107 cm³/mol. The summed E-state index contributed by atoms with van der Waals surface area (Å²) in [6, 6.07) is 0. The summed E-state index contributed by atoms with van der Waals surface area (Å²) in [7, 11) is 0. The molecule has 0 amide bonds. The van der Waals surface area contributed by atoms with Gasteiger partial charge in [0.2, 0.25) is 0 Å². The van der Waals surface area contributed by atoms with E-state index in [1.165, 1.54) is 27.4 Å². The van der Waals surface area contributed by atoms with Gasteiger partial charge in [-0.2, -0.15) is 0 Å². The Morgan fingerprint density at radius 2 is 2.04 bits per heavy atom. The Bertz CT molecular complexity index is 746. The van der Waals surface area contributed by atoms with Crippen molar-refractivity contribution in [3.05, 3.63) is 69.8 Å². The van der Waals surface area contributed by atoms with Gasteiger partial charge in [0.15, 0.2) is 0 Å². The van der Waals surface area contributed by atoms with Crippen LogP contribution < -0.4 is 16.3 Å². The van der Waals surface area contributed by atoms with Crippen molar-refractivity contribution < 1.29 is 0 Å². The Balaban J connectivity index is 3.60. The van der Waals surface area contributed by atoms with Gasteiger partial charge in [-0.1, -0.05) is 43.5 Å². The molecule has 0 radical (unpaired) electrons. The Hall–Kier alpha value is -1.71. The molecule has 0 fully saturated rings. The molecule has 2 nitrogen and oxygen atoms in total. The van der Waals surface area contributed by atoms with Gasteiger partial charge in [-0.3, -0.25) is 0 Å². The van der Waals surface area contributed by atoms with Crippen LogP contribution in [-0.4, -0.2) is 10.8 Å². The normalized spacial score (nSPS) is 14.0. The van der Waals surface area contributed by atoms with Gasteiger partial charge < -0.3 is 10.3 Å². The zero-order chi connectivity index (χ0) is 17.4. The number of allylic oxidation sites excluding steroid dienone is 6. The molecule has 124 valence electrons. The molecule has 0 spiro atoms. The number of aromatic nitrogens is 1. The van der Waals surface area contributed by atoms with Gasteiger partial charge in [0.25, 0.3) is 0 Å². The van der Waals surface area contributed by atoms with Crippen LogP contribution in [0.2, 0.25) is 0 Å². The van der Waals surface area contributed by atoms with Crippen molar-refractivity contribution >= 4 is 23.9 Å². The van der Waals surface area contributed by atoms with E-state index in [4.69, 9.17) is 5.73 Å². The van der Waals surface area contributed by atoms with Crippen molar-refractivity contribution in [1.29, 1.82) is 0 Å². The molecule has 0 aliphatic heterocycles. The number of nitrogens with zero attached hydrogens (tertiary/aromatic N) is 1. The molecule has 2 N–H and O–H groups in total. The highest BCUT2D eigenvalue weighted by molar-refractivity contribution is 8.02. The first-order valence-electron chi connectivity index (χ1n) is 7.77. The molecule has 1 heterocycles. The van der Waals surface area contributed by atoms with Crippen LogP contribution in [0.1, 0.15) is 25.1 Å². The van der Waals surface area contributed by atoms with Gasteiger partial charge in [-0.05, 0) is 44.2 Å². The van der Waals surface area contributed by atoms with Gasteiger partial charge in [-0.15, -0.1) is 11.8 Å². The Kier molecular flexibility index (Phi) is 7.93. The minimum absolute atomic E-state index is 0.523. The lowest BCUT2D eigenvalue weighted by molar-refractivity contribution is 0.745. The van der Waals surface area contributed by atoms with Crippen LogP contribution in [-0.2, 0) is 13.1 Å². The quantitative estimate of drug-likeness (QED) is 0.778. The van der Waals surface area contributed by atoms with E-state index in [-0.39, 0.29) is 0 Å². The van der Waals surface area contributed by atoms with E-state index in [2.05, 4.69) is 49.8 Å². The fraction of sp³-hybridized carbons (Fsp3) is 0.300. The summed E-state index contributed by atoms with van der Waals surface area (Å²) in [6.45, 7) is 15.5. The van der Waals surface area contributed by atoms with E-state index < -0.39 is 0 Å². The molecular weight excluding hydrogens is 300 g/mol. The number of hydrogen-bond donors (Lipinski definition) is 1. The van der Waals surface area contributed by atoms with Crippen LogP contribution in [0.25, 0.3) is 12.2 Å². The van der Waals surface area contributed by atoms with Gasteiger partial charge in [0.1, 0.15) is 0 Å². The number of nitrogens with two attached hydrogens (primary N) is 1. The molecule has 3 heteroatoms. The molecule has 0 aromatic carbocycles. The van der Waals surface area contributed by atoms with Crippen LogP contribution in [0.5, 0.6) is 0 Å². The van der Waals surface area contributed by atoms with Crippen LogP contribution in [0.15, 0.2) is 47.9 Å². The van der Waals surface area contributed by atoms with Crippen molar-refractivity contribution in [1.82, 2.24) is 4.57 Å². The summed E-state index contributed by atoms with van der Waals surface area (Å²) in [6.07, 6.45) is 14.4. The van der Waals surface area contributed by atoms with E-state index >= 15 is 0 Å². The van der Waals surface area contributed by atoms with Crippen molar-refractivity contribution in [2.24, 2.45) is 5.73 Å². The van der Waals surface area contributed by atoms with E-state index in [1.807, 2.05) is 31.4 Å². The zero-order valence-corrected chi connectivity index (χ0v) is 15.5. The average molecular weight is 329 g/mol. The van der Waals surface area contributed by atoms with Crippen molar-refractivity contribution in [3.8, 4) is 0 Å². The number of thioether (sulfide) groups is 1. The molecule has 0 unspecified atom stereocenters. The topological polar surface area (TPSA) is 30.9 Å². The molecule has 0 saturated heterocycles. The SMILES string of the molecule is C=C/C(=C\C=C/C)Cn1c(C)c(CN)c(=C/C(=C)SC)/c1=C\C. The molecule has 1 aromatic rings. The van der Waals surface area contributed by atoms with E-state index in [1.54, 1.807) is 11.8 Å². The third-order valence-corrected chi connectivity index (χ3v) is 4.53. The van der Waals surface area contributed by atoms with E-state index in [9.17, 15) is 0 Å². The maximum absolute atomic E-state index is 6.02. The van der Waals surface area contributed by atoms with Gasteiger partial charge in [0, 0.05) is 34.3 Å². The first kappa shape index (κ1) is 19.3. The number of hydrogen-bond acceptors (Lipinski definition) is 2. The smallest absolute Gasteiger partial charge is 0.0478 e. The highest BCUT2D eigenvalue weighted by Crippen LogP contribution is 2.11. The maximum Gasteiger partial charge on any atom is 0.0478 e. The summed E-state index contributed by atoms with van der Waals surface area (Å²) in [5.74, 6) is 0. The van der Waals surface area contributed by atoms with Crippen LogP contribution >= 0.6 is 11.8 Å². The lowest BCUT2D eigenvalue weighted by Gasteiger charge is -2.08. The molecule has 0 aliphatic carbocycles. The summed E-state index contributed by atoms with van der Waals surface area (Å²) in [5.41, 5.74) is 9.57. The highest BCUT2D eigenvalue weighted by Gasteiger charge is 2.10. The van der Waals surface area contributed by atoms with Crippen LogP contribution in [0.4, 0.5) is 0 Å². The second-order valence-electron chi connectivity index (χ2n) is 5.23. The van der Waals surface area contributed by atoms with E-state index in [0.717, 1.165) is 11.4 Å². The molecule has 1 aromatic heterocycles. The van der Waals surface area contributed by atoms with Crippen molar-refractivity contribution in [3.63, 3.8) is 0 Å². The van der Waals surface area contributed by atoms with Gasteiger partial charge in [-0.25, -0.2) is 0 Å². The number of rotatable bonds is 7. The third kappa shape index (κ3) is 4.63. The van der Waals surface area contributed by atoms with Gasteiger partial charge in [0.05, 0.1) is 0 Å². The van der Waals surface area contributed by atoms with E-state index in [0.29, 0.717) is 6.54 Å². The summed E-state index contributed by atoms with van der Waals surface area (Å²) >= 11 is 1.65. The first-order valence-corrected chi connectivity index (χ1v) is 8.99. The largest absolute Gasteiger partial charge is 0.340 e. The first-order chi connectivity index (χ1) is 11.0. The Labute approximate surface area is 144 Å². The maximum atomic E-state index is 6.02. The Morgan fingerprint density at radius 3 is 2.52 bits per heavy atom. The third-order valence-electron chi connectivity index (χ3n) is 3.88. The Morgan fingerprint density at radius 1 is 1.35 bits per heavy atom. The second-order valence-corrected chi connectivity index (χ2v) is 6.16. The second kappa shape index (κ2) is 9.43. The molecule has 1 rings (SSSR count). The summed E-state index contributed by atoms with van der Waals surface area (Å²) < 4.78 is 2.30. The minimum Gasteiger partial charge on any atom is -0.340 e. The molecule has 0 atom stereocenters. The zero-order valence-electron chi connectivity index (χ0n) is 14.7. The van der Waals surface area contributed by atoms with Crippen LogP contribution in [0.3, 0.4) is 0 Å². The lowest BCUT2D eigenvalue weighted by Crippen LogP contribution is -2.31.